The van der Waals surface area contributed by atoms with Crippen LogP contribution < -0.4 is 5.32 Å². The van der Waals surface area contributed by atoms with Crippen molar-refractivity contribution in [1.82, 2.24) is 5.32 Å². The second-order valence-corrected chi connectivity index (χ2v) is 7.86. The lowest BCUT2D eigenvalue weighted by Gasteiger charge is -2.17. The standard InChI is InChI=1S/C13H14BrNO2S2/c1-15-13(11-7-18-8-12(11)14)9-4-3-5-10(6-9)19(2,16)17/h3-8,13,15H,1-2H3. The highest BCUT2D eigenvalue weighted by Crippen LogP contribution is 2.32. The Balaban J connectivity index is 2.48. The Bertz CT molecular complexity index is 679. The van der Waals surface area contributed by atoms with E-state index in [1.54, 1.807) is 29.5 Å². The van der Waals surface area contributed by atoms with Crippen molar-refractivity contribution in [2.75, 3.05) is 13.3 Å². The Morgan fingerprint density at radius 2 is 2.05 bits per heavy atom. The van der Waals surface area contributed by atoms with Crippen molar-refractivity contribution in [3.63, 3.8) is 0 Å². The maximum absolute atomic E-state index is 11.6. The van der Waals surface area contributed by atoms with Gasteiger partial charge in [0.15, 0.2) is 9.84 Å². The molecule has 0 amide bonds. The van der Waals surface area contributed by atoms with Gasteiger partial charge in [-0.15, -0.1) is 0 Å². The Morgan fingerprint density at radius 3 is 2.58 bits per heavy atom. The molecule has 0 aliphatic heterocycles. The third kappa shape index (κ3) is 3.25. The molecule has 0 spiro atoms. The van der Waals surface area contributed by atoms with Crippen LogP contribution in [0.15, 0.2) is 44.4 Å². The van der Waals surface area contributed by atoms with Crippen LogP contribution in [0.5, 0.6) is 0 Å². The van der Waals surface area contributed by atoms with E-state index in [-0.39, 0.29) is 6.04 Å². The maximum Gasteiger partial charge on any atom is 0.175 e. The van der Waals surface area contributed by atoms with Gasteiger partial charge < -0.3 is 5.32 Å². The first-order chi connectivity index (χ1) is 8.93. The SMILES string of the molecule is CNC(c1cccc(S(C)(=O)=O)c1)c1cscc1Br. The van der Waals surface area contributed by atoms with Gasteiger partial charge in [0.25, 0.3) is 0 Å². The van der Waals surface area contributed by atoms with Gasteiger partial charge in [-0.25, -0.2) is 8.42 Å². The average molecular weight is 360 g/mol. The van der Waals surface area contributed by atoms with Crippen LogP contribution in [0, 0.1) is 0 Å². The van der Waals surface area contributed by atoms with Crippen LogP contribution >= 0.6 is 27.3 Å². The molecule has 1 aromatic carbocycles. The first-order valence-corrected chi connectivity index (χ1v) is 9.25. The summed E-state index contributed by atoms with van der Waals surface area (Å²) in [4.78, 5) is 0.344. The molecule has 6 heteroatoms. The summed E-state index contributed by atoms with van der Waals surface area (Å²) >= 11 is 5.12. The van der Waals surface area contributed by atoms with Crippen LogP contribution in [0.25, 0.3) is 0 Å². The maximum atomic E-state index is 11.6. The molecule has 1 heterocycles. The molecule has 0 aliphatic carbocycles. The summed E-state index contributed by atoms with van der Waals surface area (Å²) < 4.78 is 24.3. The van der Waals surface area contributed by atoms with Crippen molar-refractivity contribution in [3.8, 4) is 0 Å². The Morgan fingerprint density at radius 1 is 1.32 bits per heavy atom. The van der Waals surface area contributed by atoms with Gasteiger partial charge >= 0.3 is 0 Å². The number of halogens is 1. The van der Waals surface area contributed by atoms with E-state index in [1.165, 1.54) is 6.26 Å². The minimum Gasteiger partial charge on any atom is -0.309 e. The molecule has 1 aromatic heterocycles. The van der Waals surface area contributed by atoms with E-state index in [2.05, 4.69) is 26.6 Å². The molecule has 1 unspecified atom stereocenters. The molecule has 1 atom stereocenters. The Kier molecular flexibility index (Phi) is 4.45. The molecule has 1 N–H and O–H groups in total. The third-order valence-electron chi connectivity index (χ3n) is 2.86. The fourth-order valence-electron chi connectivity index (χ4n) is 1.92. The van der Waals surface area contributed by atoms with Crippen molar-refractivity contribution in [1.29, 1.82) is 0 Å². The summed E-state index contributed by atoms with van der Waals surface area (Å²) in [6, 6.07) is 7.02. The highest BCUT2D eigenvalue weighted by molar-refractivity contribution is 9.10. The zero-order chi connectivity index (χ0) is 14.0. The first-order valence-electron chi connectivity index (χ1n) is 5.62. The lowest BCUT2D eigenvalue weighted by molar-refractivity contribution is 0.601. The lowest BCUT2D eigenvalue weighted by atomic mass is 10.0. The number of sulfone groups is 1. The van der Waals surface area contributed by atoms with E-state index < -0.39 is 9.84 Å². The van der Waals surface area contributed by atoms with Gasteiger partial charge in [0.1, 0.15) is 0 Å². The Labute approximate surface area is 125 Å². The van der Waals surface area contributed by atoms with Crippen LogP contribution in [-0.4, -0.2) is 21.7 Å². The van der Waals surface area contributed by atoms with Crippen molar-refractivity contribution >= 4 is 37.1 Å². The molecule has 0 radical (unpaired) electrons. The molecule has 0 saturated heterocycles. The molecule has 2 rings (SSSR count). The quantitative estimate of drug-likeness (QED) is 0.911. The van der Waals surface area contributed by atoms with Crippen molar-refractivity contribution in [2.24, 2.45) is 0 Å². The monoisotopic (exact) mass is 359 g/mol. The fraction of sp³-hybridized carbons (Fsp3) is 0.231. The van der Waals surface area contributed by atoms with E-state index >= 15 is 0 Å². The van der Waals surface area contributed by atoms with Gasteiger partial charge in [-0.05, 0) is 51.6 Å². The van der Waals surface area contributed by atoms with E-state index in [4.69, 9.17) is 0 Å². The zero-order valence-corrected chi connectivity index (χ0v) is 13.8. The second-order valence-electron chi connectivity index (χ2n) is 4.24. The van der Waals surface area contributed by atoms with E-state index in [9.17, 15) is 8.42 Å². The largest absolute Gasteiger partial charge is 0.309 e. The molecule has 0 saturated carbocycles. The lowest BCUT2D eigenvalue weighted by Crippen LogP contribution is -2.17. The highest BCUT2D eigenvalue weighted by Gasteiger charge is 2.17. The van der Waals surface area contributed by atoms with Crippen LogP contribution in [0.3, 0.4) is 0 Å². The smallest absolute Gasteiger partial charge is 0.175 e. The number of rotatable bonds is 4. The number of nitrogens with one attached hydrogen (secondary N) is 1. The summed E-state index contributed by atoms with van der Waals surface area (Å²) in [7, 11) is -1.32. The minimum atomic E-state index is -3.18. The average Bonchev–Trinajstić information content (AvgIpc) is 2.76. The molecule has 0 bridgehead atoms. The summed E-state index contributed by atoms with van der Waals surface area (Å²) in [5.41, 5.74) is 2.04. The zero-order valence-electron chi connectivity index (χ0n) is 10.6. The second kappa shape index (κ2) is 5.75. The molecule has 19 heavy (non-hydrogen) atoms. The van der Waals surface area contributed by atoms with E-state index in [0.717, 1.165) is 15.6 Å². The number of hydrogen-bond donors (Lipinski definition) is 1. The van der Waals surface area contributed by atoms with Crippen LogP contribution in [0.2, 0.25) is 0 Å². The van der Waals surface area contributed by atoms with Gasteiger partial charge in [-0.2, -0.15) is 11.3 Å². The normalized spacial score (nSPS) is 13.4. The minimum absolute atomic E-state index is 0.0256. The molecule has 2 aromatic rings. The van der Waals surface area contributed by atoms with Crippen molar-refractivity contribution < 1.29 is 8.42 Å². The number of hydrogen-bond acceptors (Lipinski definition) is 4. The molecule has 102 valence electrons. The number of thiophene rings is 1. The molecular weight excluding hydrogens is 346 g/mol. The van der Waals surface area contributed by atoms with Crippen molar-refractivity contribution in [2.45, 2.75) is 10.9 Å². The predicted octanol–water partition coefficient (Wildman–Crippen LogP) is 3.22. The highest BCUT2D eigenvalue weighted by atomic mass is 79.9. The van der Waals surface area contributed by atoms with Crippen LogP contribution in [0.4, 0.5) is 0 Å². The van der Waals surface area contributed by atoms with Gasteiger partial charge in [0.2, 0.25) is 0 Å². The molecule has 3 nitrogen and oxygen atoms in total. The van der Waals surface area contributed by atoms with Gasteiger partial charge in [-0.1, -0.05) is 12.1 Å². The predicted molar refractivity (Wildman–Crippen MR) is 82.5 cm³/mol. The van der Waals surface area contributed by atoms with Gasteiger partial charge in [0, 0.05) is 16.1 Å². The first kappa shape index (κ1) is 14.7. The Hall–Kier alpha value is -0.690. The summed E-state index contributed by atoms with van der Waals surface area (Å²) in [6.45, 7) is 0. The van der Waals surface area contributed by atoms with Crippen LogP contribution in [0.1, 0.15) is 17.2 Å². The summed E-state index contributed by atoms with van der Waals surface area (Å²) in [5.74, 6) is 0. The van der Waals surface area contributed by atoms with Crippen LogP contribution in [-0.2, 0) is 9.84 Å². The molecule has 0 fully saturated rings. The van der Waals surface area contributed by atoms with E-state index in [0.29, 0.717) is 4.90 Å². The fourth-order valence-corrected chi connectivity index (χ4v) is 4.15. The van der Waals surface area contributed by atoms with Gasteiger partial charge in [-0.3, -0.25) is 0 Å². The van der Waals surface area contributed by atoms with Crippen molar-refractivity contribution in [3.05, 3.63) is 50.6 Å². The summed E-state index contributed by atoms with van der Waals surface area (Å²) in [6.07, 6.45) is 1.22. The van der Waals surface area contributed by atoms with E-state index in [1.807, 2.05) is 18.5 Å². The molecular formula is C13H14BrNO2S2. The topological polar surface area (TPSA) is 46.2 Å². The van der Waals surface area contributed by atoms with Gasteiger partial charge in [0.05, 0.1) is 10.9 Å². The summed E-state index contributed by atoms with van der Waals surface area (Å²) in [5, 5.41) is 7.29. The molecule has 0 aliphatic rings. The number of benzene rings is 1. The third-order valence-corrected chi connectivity index (χ3v) is 5.72.